The Hall–Kier alpha value is -3.08. The number of anilines is 1. The molecule has 122 valence electrons. The number of nitrogen functional groups attached to an aromatic ring is 1. The van der Waals surface area contributed by atoms with Crippen LogP contribution in [0.15, 0.2) is 54.7 Å². The van der Waals surface area contributed by atoms with Crippen LogP contribution in [-0.2, 0) is 4.79 Å². The van der Waals surface area contributed by atoms with Gasteiger partial charge in [0.05, 0.1) is 6.04 Å². The summed E-state index contributed by atoms with van der Waals surface area (Å²) in [6.07, 6.45) is 4.93. The Kier molecular flexibility index (Phi) is 4.33. The Morgan fingerprint density at radius 3 is 2.79 bits per heavy atom. The van der Waals surface area contributed by atoms with E-state index in [0.29, 0.717) is 5.82 Å². The SMILES string of the molecule is CC(c1cc2ccccc2[nH]1)N(C)C(=O)C=Cc1ccc(N)nc1. The van der Waals surface area contributed by atoms with Crippen molar-refractivity contribution in [2.45, 2.75) is 13.0 Å². The van der Waals surface area contributed by atoms with Gasteiger partial charge in [-0.05, 0) is 48.2 Å². The van der Waals surface area contributed by atoms with E-state index in [0.717, 1.165) is 22.2 Å². The fourth-order valence-corrected chi connectivity index (χ4v) is 2.52. The van der Waals surface area contributed by atoms with E-state index in [2.05, 4.69) is 22.1 Å². The van der Waals surface area contributed by atoms with Crippen molar-refractivity contribution in [2.75, 3.05) is 12.8 Å². The van der Waals surface area contributed by atoms with Crippen LogP contribution in [0.25, 0.3) is 17.0 Å². The Morgan fingerprint density at radius 1 is 1.29 bits per heavy atom. The van der Waals surface area contributed by atoms with Crippen LogP contribution < -0.4 is 5.73 Å². The monoisotopic (exact) mass is 320 g/mol. The van der Waals surface area contributed by atoms with E-state index in [9.17, 15) is 4.79 Å². The van der Waals surface area contributed by atoms with E-state index in [1.54, 1.807) is 36.4 Å². The van der Waals surface area contributed by atoms with Gasteiger partial charge < -0.3 is 15.6 Å². The van der Waals surface area contributed by atoms with Gasteiger partial charge in [-0.25, -0.2) is 4.98 Å². The van der Waals surface area contributed by atoms with Crippen molar-refractivity contribution in [1.29, 1.82) is 0 Å². The van der Waals surface area contributed by atoms with E-state index in [4.69, 9.17) is 5.73 Å². The van der Waals surface area contributed by atoms with Crippen LogP contribution in [0.4, 0.5) is 5.82 Å². The maximum atomic E-state index is 12.4. The molecular formula is C19H20N4O. The molecule has 5 heteroatoms. The van der Waals surface area contributed by atoms with Gasteiger partial charge >= 0.3 is 0 Å². The molecule has 0 saturated heterocycles. The fraction of sp³-hybridized carbons (Fsp3) is 0.158. The van der Waals surface area contributed by atoms with E-state index >= 15 is 0 Å². The number of pyridine rings is 1. The van der Waals surface area contributed by atoms with Crippen LogP contribution in [0.2, 0.25) is 0 Å². The molecule has 2 heterocycles. The molecular weight excluding hydrogens is 300 g/mol. The molecule has 3 aromatic rings. The van der Waals surface area contributed by atoms with Crippen molar-refractivity contribution < 1.29 is 4.79 Å². The number of rotatable bonds is 4. The number of fused-ring (bicyclic) bond motifs is 1. The van der Waals surface area contributed by atoms with Crippen LogP contribution in [0.1, 0.15) is 24.2 Å². The number of carbonyl (C=O) groups is 1. The molecule has 3 rings (SSSR count). The van der Waals surface area contributed by atoms with Gasteiger partial charge in [-0.2, -0.15) is 0 Å². The molecule has 1 atom stereocenters. The molecule has 0 aliphatic rings. The number of aromatic nitrogens is 2. The Bertz CT molecular complexity index is 847. The topological polar surface area (TPSA) is 75.0 Å². The number of hydrogen-bond acceptors (Lipinski definition) is 3. The zero-order chi connectivity index (χ0) is 17.1. The van der Waals surface area contributed by atoms with Gasteiger partial charge in [-0.1, -0.05) is 18.2 Å². The van der Waals surface area contributed by atoms with Gasteiger partial charge in [0, 0.05) is 30.5 Å². The zero-order valence-corrected chi connectivity index (χ0v) is 13.7. The van der Waals surface area contributed by atoms with E-state index in [1.165, 1.54) is 0 Å². The molecule has 0 saturated carbocycles. The summed E-state index contributed by atoms with van der Waals surface area (Å²) >= 11 is 0. The van der Waals surface area contributed by atoms with E-state index in [1.807, 2.05) is 31.2 Å². The summed E-state index contributed by atoms with van der Waals surface area (Å²) in [6, 6.07) is 13.6. The molecule has 1 unspecified atom stereocenters. The van der Waals surface area contributed by atoms with E-state index in [-0.39, 0.29) is 11.9 Å². The second kappa shape index (κ2) is 6.58. The summed E-state index contributed by atoms with van der Waals surface area (Å²) in [7, 11) is 1.80. The molecule has 0 aliphatic carbocycles. The third-order valence-corrected chi connectivity index (χ3v) is 4.16. The highest BCUT2D eigenvalue weighted by Gasteiger charge is 2.17. The van der Waals surface area contributed by atoms with Gasteiger partial charge in [-0.15, -0.1) is 0 Å². The molecule has 5 nitrogen and oxygen atoms in total. The number of aromatic amines is 1. The highest BCUT2D eigenvalue weighted by molar-refractivity contribution is 5.92. The first-order valence-electron chi connectivity index (χ1n) is 7.78. The van der Waals surface area contributed by atoms with Crippen molar-refractivity contribution in [3.8, 4) is 0 Å². The van der Waals surface area contributed by atoms with Gasteiger partial charge in [-0.3, -0.25) is 4.79 Å². The molecule has 1 aromatic carbocycles. The molecule has 0 aliphatic heterocycles. The number of nitrogens with two attached hydrogens (primary N) is 1. The summed E-state index contributed by atoms with van der Waals surface area (Å²) in [5.41, 5.74) is 8.47. The van der Waals surface area contributed by atoms with E-state index < -0.39 is 0 Å². The van der Waals surface area contributed by atoms with Crippen LogP contribution in [0.3, 0.4) is 0 Å². The first kappa shape index (κ1) is 15.8. The number of H-pyrrole nitrogens is 1. The maximum Gasteiger partial charge on any atom is 0.246 e. The average molecular weight is 320 g/mol. The lowest BCUT2D eigenvalue weighted by molar-refractivity contribution is -0.126. The van der Waals surface area contributed by atoms with Crippen molar-refractivity contribution in [1.82, 2.24) is 14.9 Å². The normalized spacial score (nSPS) is 12.6. The first-order chi connectivity index (χ1) is 11.5. The minimum absolute atomic E-state index is 0.0564. The van der Waals surface area contributed by atoms with Crippen molar-refractivity contribution in [2.24, 2.45) is 0 Å². The second-order valence-electron chi connectivity index (χ2n) is 5.79. The molecule has 24 heavy (non-hydrogen) atoms. The average Bonchev–Trinajstić information content (AvgIpc) is 3.03. The standard InChI is InChI=1S/C19H20N4O/c1-13(17-11-15-5-3-4-6-16(15)22-17)23(2)19(24)10-8-14-7-9-18(20)21-12-14/h3-13,22H,1-2H3,(H2,20,21). The van der Waals surface area contributed by atoms with Gasteiger partial charge in [0.25, 0.3) is 0 Å². The predicted octanol–water partition coefficient (Wildman–Crippen LogP) is 3.38. The molecule has 0 radical (unpaired) electrons. The second-order valence-corrected chi connectivity index (χ2v) is 5.79. The van der Waals surface area contributed by atoms with Crippen molar-refractivity contribution in [3.63, 3.8) is 0 Å². The Balaban J connectivity index is 1.73. The summed E-state index contributed by atoms with van der Waals surface area (Å²) in [4.78, 5) is 21.5. The first-order valence-corrected chi connectivity index (χ1v) is 7.78. The third kappa shape index (κ3) is 3.30. The number of nitrogens with one attached hydrogen (secondary N) is 1. The predicted molar refractivity (Wildman–Crippen MR) is 97.2 cm³/mol. The fourth-order valence-electron chi connectivity index (χ4n) is 2.52. The van der Waals surface area contributed by atoms with Crippen molar-refractivity contribution in [3.05, 3.63) is 66.0 Å². The van der Waals surface area contributed by atoms with Gasteiger partial charge in [0.1, 0.15) is 5.82 Å². The quantitative estimate of drug-likeness (QED) is 0.724. The molecule has 3 N–H and O–H groups in total. The van der Waals surface area contributed by atoms with Crippen LogP contribution >= 0.6 is 0 Å². The summed E-state index contributed by atoms with van der Waals surface area (Å²) in [5.74, 6) is 0.390. The third-order valence-electron chi connectivity index (χ3n) is 4.16. The van der Waals surface area contributed by atoms with Crippen molar-refractivity contribution >= 4 is 28.7 Å². The molecule has 0 fully saturated rings. The number of benzene rings is 1. The van der Waals surface area contributed by atoms with Crippen LogP contribution in [-0.4, -0.2) is 27.8 Å². The van der Waals surface area contributed by atoms with Gasteiger partial charge in [0.2, 0.25) is 5.91 Å². The molecule has 0 spiro atoms. The lowest BCUT2D eigenvalue weighted by atomic mass is 10.2. The number of para-hydroxylation sites is 1. The zero-order valence-electron chi connectivity index (χ0n) is 13.7. The number of amides is 1. The largest absolute Gasteiger partial charge is 0.384 e. The molecule has 1 amide bonds. The summed E-state index contributed by atoms with van der Waals surface area (Å²) in [5, 5.41) is 1.14. The maximum absolute atomic E-state index is 12.4. The lowest BCUT2D eigenvalue weighted by Gasteiger charge is -2.22. The highest BCUT2D eigenvalue weighted by atomic mass is 16.2. The molecule has 0 bridgehead atoms. The minimum atomic E-state index is -0.0713. The highest BCUT2D eigenvalue weighted by Crippen LogP contribution is 2.23. The number of likely N-dealkylation sites (N-methyl/N-ethyl adjacent to an activating group) is 1. The number of carbonyl (C=O) groups excluding carboxylic acids is 1. The molecule has 2 aromatic heterocycles. The van der Waals surface area contributed by atoms with Gasteiger partial charge in [0.15, 0.2) is 0 Å². The van der Waals surface area contributed by atoms with Crippen LogP contribution in [0, 0.1) is 0 Å². The lowest BCUT2D eigenvalue weighted by Crippen LogP contribution is -2.28. The smallest absolute Gasteiger partial charge is 0.246 e. The summed E-state index contributed by atoms with van der Waals surface area (Å²) < 4.78 is 0. The number of hydrogen-bond donors (Lipinski definition) is 2. The van der Waals surface area contributed by atoms with Crippen LogP contribution in [0.5, 0.6) is 0 Å². The Labute approximate surface area is 140 Å². The Morgan fingerprint density at radius 2 is 2.08 bits per heavy atom. The summed E-state index contributed by atoms with van der Waals surface area (Å²) in [6.45, 7) is 2.00. The minimum Gasteiger partial charge on any atom is -0.384 e. The number of nitrogens with zero attached hydrogens (tertiary/aromatic N) is 2.